The lowest BCUT2D eigenvalue weighted by Gasteiger charge is -2.29. The summed E-state index contributed by atoms with van der Waals surface area (Å²) in [4.78, 5) is 46.7. The molecule has 2 heterocycles. The molecule has 47 heavy (non-hydrogen) atoms. The first kappa shape index (κ1) is 34.3. The Bertz CT molecular complexity index is 1720. The highest BCUT2D eigenvalue weighted by molar-refractivity contribution is 7.91. The highest BCUT2D eigenvalue weighted by Crippen LogP contribution is 2.47. The number of carbonyl (C=O) groups excluding carboxylic acids is 3. The van der Waals surface area contributed by atoms with Crippen LogP contribution >= 0.6 is 0 Å². The predicted molar refractivity (Wildman–Crippen MR) is 174 cm³/mol. The van der Waals surface area contributed by atoms with E-state index in [1.165, 1.54) is 11.0 Å². The number of pyridine rings is 1. The van der Waals surface area contributed by atoms with Gasteiger partial charge in [0, 0.05) is 29.4 Å². The van der Waals surface area contributed by atoms with Crippen molar-refractivity contribution >= 4 is 38.8 Å². The molecule has 0 unspecified atom stereocenters. The third kappa shape index (κ3) is 6.69. The van der Waals surface area contributed by atoms with Crippen molar-refractivity contribution in [2.45, 2.75) is 95.3 Å². The Labute approximate surface area is 275 Å². The fourth-order valence-electron chi connectivity index (χ4n) is 5.85. The number of methoxy groups -OCH3 is 1. The van der Waals surface area contributed by atoms with Crippen LogP contribution in [0, 0.1) is 12.8 Å². The van der Waals surface area contributed by atoms with Crippen molar-refractivity contribution < 1.29 is 41.7 Å². The monoisotopic (exact) mass is 672 g/mol. The molecule has 1 aliphatic heterocycles. The van der Waals surface area contributed by atoms with Gasteiger partial charge in [0.25, 0.3) is 5.91 Å². The van der Waals surface area contributed by atoms with Gasteiger partial charge >= 0.3 is 6.09 Å². The molecule has 3 aliphatic rings. The highest BCUT2D eigenvalue weighted by Gasteiger charge is 2.63. The van der Waals surface area contributed by atoms with E-state index >= 15 is 0 Å². The third-order valence-electron chi connectivity index (χ3n) is 9.00. The minimum Gasteiger partial charge on any atom is -0.496 e. The lowest BCUT2D eigenvalue weighted by atomic mass is 10.1. The maximum Gasteiger partial charge on any atom is 0.411 e. The molecule has 2 aromatic rings. The number of nitrogens with one attached hydrogen (secondary N) is 2. The maximum absolute atomic E-state index is 14.0. The lowest BCUT2D eigenvalue weighted by molar-refractivity contribution is -0.131. The van der Waals surface area contributed by atoms with Crippen LogP contribution < -0.4 is 24.2 Å². The number of aryl methyl sites for hydroxylation is 1. The Morgan fingerprint density at radius 2 is 1.89 bits per heavy atom. The SMILES string of the molecule is C=C[C@@H]1C[C@]1(NC(=O)[C@@H]1C[C@@H](Oc2cc(OCC)nc3c(C)c(OC)ccc23)CN1C(=O)OC(C)(C)C)C(=O)NS(=O)(=O)C1(C)CC1. The first-order chi connectivity index (χ1) is 22.0. The summed E-state index contributed by atoms with van der Waals surface area (Å²) in [6.45, 7) is 14.6. The zero-order valence-electron chi connectivity index (χ0n) is 28.0. The third-order valence-corrected chi connectivity index (χ3v) is 11.2. The van der Waals surface area contributed by atoms with Crippen LogP contribution in [0.3, 0.4) is 0 Å². The molecule has 5 rings (SSSR count). The van der Waals surface area contributed by atoms with E-state index in [-0.39, 0.29) is 19.4 Å². The Hall–Kier alpha value is -4.07. The van der Waals surface area contributed by atoms with Gasteiger partial charge in [-0.3, -0.25) is 19.2 Å². The van der Waals surface area contributed by atoms with Crippen molar-refractivity contribution in [3.05, 3.63) is 36.4 Å². The van der Waals surface area contributed by atoms with Gasteiger partial charge in [-0.2, -0.15) is 0 Å². The smallest absolute Gasteiger partial charge is 0.411 e. The lowest BCUT2D eigenvalue weighted by Crippen LogP contribution is -2.57. The number of hydrogen-bond acceptors (Lipinski definition) is 10. The number of likely N-dealkylation sites (tertiary alicyclic amines) is 1. The van der Waals surface area contributed by atoms with Crippen molar-refractivity contribution in [2.75, 3.05) is 20.3 Å². The van der Waals surface area contributed by atoms with Crippen LogP contribution in [0.2, 0.25) is 0 Å². The Morgan fingerprint density at radius 3 is 2.47 bits per heavy atom. The summed E-state index contributed by atoms with van der Waals surface area (Å²) >= 11 is 0. The topological polar surface area (TPSA) is 162 Å². The number of rotatable bonds is 11. The molecule has 0 spiro atoms. The van der Waals surface area contributed by atoms with Crippen LogP contribution in [-0.2, 0) is 24.3 Å². The quantitative estimate of drug-likeness (QED) is 0.336. The van der Waals surface area contributed by atoms with Gasteiger partial charge in [-0.05, 0) is 72.9 Å². The van der Waals surface area contributed by atoms with E-state index in [9.17, 15) is 22.8 Å². The van der Waals surface area contributed by atoms with Crippen LogP contribution in [0.25, 0.3) is 10.9 Å². The van der Waals surface area contributed by atoms with E-state index in [4.69, 9.17) is 18.9 Å². The molecule has 14 heteroatoms. The van der Waals surface area contributed by atoms with Gasteiger partial charge in [-0.25, -0.2) is 18.2 Å². The van der Waals surface area contributed by atoms with E-state index < -0.39 is 61.9 Å². The van der Waals surface area contributed by atoms with Gasteiger partial charge in [0.1, 0.15) is 34.8 Å². The molecule has 13 nitrogen and oxygen atoms in total. The van der Waals surface area contributed by atoms with E-state index in [1.807, 2.05) is 26.0 Å². The van der Waals surface area contributed by atoms with E-state index in [0.717, 1.165) is 5.56 Å². The molecular weight excluding hydrogens is 628 g/mol. The van der Waals surface area contributed by atoms with Gasteiger partial charge in [0.2, 0.25) is 21.8 Å². The average molecular weight is 673 g/mol. The number of benzene rings is 1. The van der Waals surface area contributed by atoms with Crippen LogP contribution in [0.15, 0.2) is 30.9 Å². The molecule has 0 bridgehead atoms. The molecule has 2 aliphatic carbocycles. The van der Waals surface area contributed by atoms with Gasteiger partial charge in [0.05, 0.1) is 30.5 Å². The summed E-state index contributed by atoms with van der Waals surface area (Å²) in [6, 6.07) is 4.22. The van der Waals surface area contributed by atoms with Gasteiger partial charge < -0.3 is 24.3 Å². The van der Waals surface area contributed by atoms with Crippen LogP contribution in [-0.4, -0.2) is 84.5 Å². The number of carbonyl (C=O) groups is 3. The molecule has 1 saturated heterocycles. The number of ether oxygens (including phenoxy) is 4. The molecule has 1 aromatic heterocycles. The Balaban J connectivity index is 1.43. The van der Waals surface area contributed by atoms with Crippen LogP contribution in [0.4, 0.5) is 4.79 Å². The minimum absolute atomic E-state index is 0.00669. The predicted octanol–water partition coefficient (Wildman–Crippen LogP) is 3.77. The van der Waals surface area contributed by atoms with E-state index in [2.05, 4.69) is 21.6 Å². The highest BCUT2D eigenvalue weighted by atomic mass is 32.2. The first-order valence-corrected chi connectivity index (χ1v) is 17.2. The van der Waals surface area contributed by atoms with Crippen LogP contribution in [0.1, 0.15) is 65.9 Å². The van der Waals surface area contributed by atoms with Crippen molar-refractivity contribution in [3.63, 3.8) is 0 Å². The van der Waals surface area contributed by atoms with Crippen molar-refractivity contribution in [1.29, 1.82) is 0 Å². The molecule has 3 amide bonds. The molecule has 3 fully saturated rings. The molecule has 4 atom stereocenters. The van der Waals surface area contributed by atoms with Crippen molar-refractivity contribution in [1.82, 2.24) is 19.9 Å². The Kier molecular flexibility index (Phi) is 8.88. The normalized spacial score (nSPS) is 24.7. The summed E-state index contributed by atoms with van der Waals surface area (Å²) in [5, 5.41) is 3.47. The average Bonchev–Trinajstić information content (AvgIpc) is 3.87. The van der Waals surface area contributed by atoms with E-state index in [0.29, 0.717) is 47.7 Å². The second-order valence-corrected chi connectivity index (χ2v) is 15.9. The fourth-order valence-corrected chi connectivity index (χ4v) is 7.16. The van der Waals surface area contributed by atoms with Crippen molar-refractivity contribution in [3.8, 4) is 17.4 Å². The van der Waals surface area contributed by atoms with Gasteiger partial charge in [-0.15, -0.1) is 6.58 Å². The van der Waals surface area contributed by atoms with E-state index in [1.54, 1.807) is 40.9 Å². The molecular formula is C33H44N4O9S. The zero-order chi connectivity index (χ0) is 34.5. The summed E-state index contributed by atoms with van der Waals surface area (Å²) in [5.74, 6) is -0.508. The molecule has 2 N–H and O–H groups in total. The number of amides is 3. The molecule has 0 radical (unpaired) electrons. The fraction of sp³-hybridized carbons (Fsp3) is 0.576. The number of fused-ring (bicyclic) bond motifs is 1. The summed E-state index contributed by atoms with van der Waals surface area (Å²) in [7, 11) is -2.37. The molecule has 2 saturated carbocycles. The summed E-state index contributed by atoms with van der Waals surface area (Å²) in [6.07, 6.45) is 1.26. The van der Waals surface area contributed by atoms with Crippen molar-refractivity contribution in [2.24, 2.45) is 5.92 Å². The minimum atomic E-state index is -3.95. The van der Waals surface area contributed by atoms with Crippen LogP contribution in [0.5, 0.6) is 17.4 Å². The number of aromatic nitrogens is 1. The summed E-state index contributed by atoms with van der Waals surface area (Å²) < 4.78 is 50.2. The zero-order valence-corrected chi connectivity index (χ0v) is 28.8. The first-order valence-electron chi connectivity index (χ1n) is 15.8. The maximum atomic E-state index is 14.0. The molecule has 256 valence electrons. The Morgan fingerprint density at radius 1 is 1.19 bits per heavy atom. The number of nitrogens with zero attached hydrogens (tertiary/aromatic N) is 2. The largest absolute Gasteiger partial charge is 0.496 e. The van der Waals surface area contributed by atoms with Gasteiger partial charge in [-0.1, -0.05) is 6.08 Å². The van der Waals surface area contributed by atoms with Gasteiger partial charge in [0.15, 0.2) is 0 Å². The number of hydrogen-bond donors (Lipinski definition) is 2. The summed E-state index contributed by atoms with van der Waals surface area (Å²) in [5.41, 5.74) is -0.952. The second-order valence-electron chi connectivity index (χ2n) is 13.7. The molecule has 1 aromatic carbocycles. The number of sulfonamides is 1. The standard InChI is InChI=1S/C33H44N4O9S/c1-9-20-17-33(20,29(39)36-47(41,42)32(7)13-14-32)35-28(38)23-15-21(18-37(23)30(40)46-31(4,5)6)45-25-16-26(44-10-2)34-27-19(3)24(43-8)12-11-22(25)27/h9,11-12,16,20-21,23H,1,10,13-15,17-18H2,2-8H3,(H,35,38)(H,36,39)/t20-,21-,23+,33-/m1/s1. The second kappa shape index (κ2) is 12.2.